The molecule has 1 heterocycles. The van der Waals surface area contributed by atoms with Crippen molar-refractivity contribution in [2.75, 3.05) is 5.32 Å². The predicted molar refractivity (Wildman–Crippen MR) is 81.1 cm³/mol. The van der Waals surface area contributed by atoms with Crippen LogP contribution in [-0.4, -0.2) is 9.67 Å². The van der Waals surface area contributed by atoms with Crippen LogP contribution in [0.15, 0.2) is 47.4 Å². The van der Waals surface area contributed by atoms with Gasteiger partial charge in [-0.1, -0.05) is 19.1 Å². The molecule has 4 heteroatoms. The molecular formula is C16H20N2O2. The maximum atomic E-state index is 11.7. The van der Waals surface area contributed by atoms with Crippen LogP contribution in [-0.2, 0) is 6.54 Å². The van der Waals surface area contributed by atoms with Crippen molar-refractivity contribution in [3.05, 3.63) is 58.5 Å². The Morgan fingerprint density at radius 1 is 1.30 bits per heavy atom. The summed E-state index contributed by atoms with van der Waals surface area (Å²) in [7, 11) is 0. The molecule has 20 heavy (non-hydrogen) atoms. The van der Waals surface area contributed by atoms with Gasteiger partial charge in [0.25, 0.3) is 5.56 Å². The highest BCUT2D eigenvalue weighted by atomic mass is 16.3. The highest BCUT2D eigenvalue weighted by molar-refractivity contribution is 5.44. The van der Waals surface area contributed by atoms with Crippen molar-refractivity contribution in [2.45, 2.75) is 32.9 Å². The maximum Gasteiger partial charge on any atom is 0.250 e. The Bertz CT molecular complexity index is 634. The third kappa shape index (κ3) is 3.41. The average Bonchev–Trinajstić information content (AvgIpc) is 2.43. The molecule has 0 bridgehead atoms. The Morgan fingerprint density at radius 2 is 2.10 bits per heavy atom. The van der Waals surface area contributed by atoms with Gasteiger partial charge in [-0.2, -0.15) is 0 Å². The average molecular weight is 272 g/mol. The van der Waals surface area contributed by atoms with Crippen LogP contribution in [0.2, 0.25) is 0 Å². The zero-order chi connectivity index (χ0) is 14.5. The Hall–Kier alpha value is -2.23. The fourth-order valence-corrected chi connectivity index (χ4v) is 2.16. The van der Waals surface area contributed by atoms with Crippen LogP contribution < -0.4 is 10.9 Å². The Labute approximate surface area is 118 Å². The van der Waals surface area contributed by atoms with Crippen molar-refractivity contribution >= 4 is 5.69 Å². The van der Waals surface area contributed by atoms with E-state index in [1.807, 2.05) is 32.2 Å². The third-order valence-electron chi connectivity index (χ3n) is 3.20. The lowest BCUT2D eigenvalue weighted by Crippen LogP contribution is -2.19. The molecule has 0 saturated heterocycles. The second kappa shape index (κ2) is 6.28. The van der Waals surface area contributed by atoms with Crippen molar-refractivity contribution in [1.82, 2.24) is 4.57 Å². The largest absolute Gasteiger partial charge is 0.508 e. The molecule has 0 radical (unpaired) electrons. The number of benzene rings is 1. The normalized spacial score (nSPS) is 12.1. The van der Waals surface area contributed by atoms with Gasteiger partial charge in [-0.05, 0) is 37.1 Å². The van der Waals surface area contributed by atoms with Gasteiger partial charge >= 0.3 is 0 Å². The van der Waals surface area contributed by atoms with E-state index in [4.69, 9.17) is 0 Å². The molecule has 0 aliphatic rings. The lowest BCUT2D eigenvalue weighted by molar-refractivity contribution is 0.474. The molecule has 0 aliphatic heterocycles. The molecule has 1 atom stereocenters. The number of hydrogen-bond acceptors (Lipinski definition) is 3. The Kier molecular flexibility index (Phi) is 4.45. The van der Waals surface area contributed by atoms with Crippen LogP contribution in [0.1, 0.15) is 31.9 Å². The van der Waals surface area contributed by atoms with Gasteiger partial charge < -0.3 is 15.0 Å². The summed E-state index contributed by atoms with van der Waals surface area (Å²) < 4.78 is 1.71. The zero-order valence-electron chi connectivity index (χ0n) is 11.8. The fraction of sp³-hybridized carbons (Fsp3) is 0.312. The predicted octanol–water partition coefficient (Wildman–Crippen LogP) is 3.14. The lowest BCUT2D eigenvalue weighted by Gasteiger charge is -2.17. The molecule has 2 aromatic rings. The van der Waals surface area contributed by atoms with E-state index in [0.29, 0.717) is 0 Å². The molecule has 0 aliphatic carbocycles. The van der Waals surface area contributed by atoms with Crippen LogP contribution in [0.25, 0.3) is 0 Å². The van der Waals surface area contributed by atoms with Crippen molar-refractivity contribution in [3.63, 3.8) is 0 Å². The van der Waals surface area contributed by atoms with Crippen molar-refractivity contribution in [3.8, 4) is 5.75 Å². The first-order valence-electron chi connectivity index (χ1n) is 6.86. The summed E-state index contributed by atoms with van der Waals surface area (Å²) in [5.41, 5.74) is 1.91. The molecule has 0 spiro atoms. The highest BCUT2D eigenvalue weighted by Gasteiger charge is 2.07. The van der Waals surface area contributed by atoms with Gasteiger partial charge in [0.2, 0.25) is 0 Å². The van der Waals surface area contributed by atoms with Gasteiger partial charge in [-0.3, -0.25) is 4.79 Å². The minimum Gasteiger partial charge on any atom is -0.508 e. The Morgan fingerprint density at radius 3 is 2.80 bits per heavy atom. The maximum absolute atomic E-state index is 11.7. The van der Waals surface area contributed by atoms with E-state index >= 15 is 0 Å². The monoisotopic (exact) mass is 272 g/mol. The molecule has 1 unspecified atom stereocenters. The van der Waals surface area contributed by atoms with Crippen molar-refractivity contribution < 1.29 is 5.11 Å². The topological polar surface area (TPSA) is 54.3 Å². The summed E-state index contributed by atoms with van der Waals surface area (Å²) in [4.78, 5) is 11.7. The van der Waals surface area contributed by atoms with E-state index in [1.165, 1.54) is 0 Å². The number of rotatable bonds is 5. The van der Waals surface area contributed by atoms with Crippen LogP contribution >= 0.6 is 0 Å². The summed E-state index contributed by atoms with van der Waals surface area (Å²) >= 11 is 0. The number of nitrogens with zero attached hydrogens (tertiary/aromatic N) is 1. The van der Waals surface area contributed by atoms with Crippen LogP contribution in [0.5, 0.6) is 5.75 Å². The van der Waals surface area contributed by atoms with Gasteiger partial charge in [-0.15, -0.1) is 0 Å². The molecule has 106 valence electrons. The van der Waals surface area contributed by atoms with Crippen molar-refractivity contribution in [2.24, 2.45) is 0 Å². The zero-order valence-corrected chi connectivity index (χ0v) is 11.8. The van der Waals surface area contributed by atoms with E-state index in [2.05, 4.69) is 5.32 Å². The molecule has 0 amide bonds. The van der Waals surface area contributed by atoms with Crippen molar-refractivity contribution in [1.29, 1.82) is 0 Å². The summed E-state index contributed by atoms with van der Waals surface area (Å²) in [5, 5.41) is 12.8. The molecular weight excluding hydrogens is 252 g/mol. The fourth-order valence-electron chi connectivity index (χ4n) is 2.16. The molecule has 4 nitrogen and oxygen atoms in total. The van der Waals surface area contributed by atoms with Gasteiger partial charge in [0.1, 0.15) is 5.75 Å². The van der Waals surface area contributed by atoms with E-state index in [9.17, 15) is 9.90 Å². The first kappa shape index (κ1) is 14.2. The molecule has 0 fully saturated rings. The molecule has 0 saturated carbocycles. The minimum atomic E-state index is 0.0161. The first-order chi connectivity index (χ1) is 9.60. The number of phenols is 1. The van der Waals surface area contributed by atoms with E-state index < -0.39 is 0 Å². The van der Waals surface area contributed by atoms with Gasteiger partial charge in [-0.25, -0.2) is 0 Å². The second-order valence-corrected chi connectivity index (χ2v) is 4.91. The number of phenolic OH excluding ortho intramolecular Hbond substituents is 1. The smallest absolute Gasteiger partial charge is 0.250 e. The number of aromatic hydroxyl groups is 1. The third-order valence-corrected chi connectivity index (χ3v) is 3.20. The molecule has 2 rings (SSSR count). The van der Waals surface area contributed by atoms with Crippen LogP contribution in [0, 0.1) is 0 Å². The lowest BCUT2D eigenvalue weighted by atomic mass is 10.1. The number of pyridine rings is 1. The minimum absolute atomic E-state index is 0.0161. The number of nitrogens with one attached hydrogen (secondary N) is 1. The van der Waals surface area contributed by atoms with Gasteiger partial charge in [0, 0.05) is 24.8 Å². The Balaban J connectivity index is 2.17. The number of aryl methyl sites for hydroxylation is 1. The number of aromatic nitrogens is 1. The summed E-state index contributed by atoms with van der Waals surface area (Å²) in [6.45, 7) is 4.78. The highest BCUT2D eigenvalue weighted by Crippen LogP contribution is 2.21. The SMILES string of the molecule is CCCn1cc(NC(C)c2cccc(O)c2)ccc1=O. The summed E-state index contributed by atoms with van der Waals surface area (Å²) in [5.74, 6) is 0.257. The van der Waals surface area contributed by atoms with Gasteiger partial charge in [0.15, 0.2) is 0 Å². The van der Waals surface area contributed by atoms with Crippen LogP contribution in [0.4, 0.5) is 5.69 Å². The van der Waals surface area contributed by atoms with E-state index in [-0.39, 0.29) is 17.4 Å². The van der Waals surface area contributed by atoms with Crippen LogP contribution in [0.3, 0.4) is 0 Å². The standard InChI is InChI=1S/C16H20N2O2/c1-3-9-18-11-14(7-8-16(18)20)17-12(2)13-5-4-6-15(19)10-13/h4-8,10-12,17,19H,3,9H2,1-2H3. The van der Waals surface area contributed by atoms with E-state index in [0.717, 1.165) is 24.2 Å². The number of anilines is 1. The van der Waals surface area contributed by atoms with E-state index in [1.54, 1.807) is 28.8 Å². The molecule has 2 N–H and O–H groups in total. The first-order valence-corrected chi connectivity index (χ1v) is 6.86. The van der Waals surface area contributed by atoms with Gasteiger partial charge in [0.05, 0.1) is 5.69 Å². The number of hydrogen-bond donors (Lipinski definition) is 2. The molecule has 1 aromatic heterocycles. The summed E-state index contributed by atoms with van der Waals surface area (Å²) in [6.07, 6.45) is 2.76. The molecule has 1 aromatic carbocycles. The summed E-state index contributed by atoms with van der Waals surface area (Å²) in [6, 6.07) is 10.6. The second-order valence-electron chi connectivity index (χ2n) is 4.91. The quantitative estimate of drug-likeness (QED) is 0.879.